The third-order valence-electron chi connectivity index (χ3n) is 3.03. The maximum Gasteiger partial charge on any atom is 0.269 e. The van der Waals surface area contributed by atoms with Gasteiger partial charge in [-0.25, -0.2) is 0 Å². The number of aryl methyl sites for hydroxylation is 1. The molecule has 0 spiro atoms. The number of rotatable bonds is 5. The lowest BCUT2D eigenvalue weighted by Gasteiger charge is -2.10. The standard InChI is InChI=1S/C15H13Cl2NO3/c1-2-10-8-13(4-6-14(10)16)21-9-11-7-12(18(19)20)3-5-15(11)17/h3-8H,2,9H2,1H3. The molecule has 0 radical (unpaired) electrons. The van der Waals surface area contributed by atoms with Crippen LogP contribution in [0.2, 0.25) is 10.0 Å². The van der Waals surface area contributed by atoms with Crippen LogP contribution in [-0.2, 0) is 13.0 Å². The molecule has 110 valence electrons. The first-order valence-corrected chi connectivity index (χ1v) is 7.11. The molecule has 0 aliphatic rings. The Morgan fingerprint density at radius 2 is 1.76 bits per heavy atom. The third-order valence-corrected chi connectivity index (χ3v) is 3.77. The van der Waals surface area contributed by atoms with Gasteiger partial charge >= 0.3 is 0 Å². The van der Waals surface area contributed by atoms with Gasteiger partial charge in [-0.3, -0.25) is 10.1 Å². The Bertz CT molecular complexity index is 674. The molecular formula is C15H13Cl2NO3. The Morgan fingerprint density at radius 3 is 2.43 bits per heavy atom. The number of hydrogen-bond donors (Lipinski definition) is 0. The normalized spacial score (nSPS) is 10.4. The molecule has 0 bridgehead atoms. The van der Waals surface area contributed by atoms with Crippen molar-refractivity contribution in [1.29, 1.82) is 0 Å². The fourth-order valence-corrected chi connectivity index (χ4v) is 2.28. The summed E-state index contributed by atoms with van der Waals surface area (Å²) in [5.41, 5.74) is 1.54. The van der Waals surface area contributed by atoms with Gasteiger partial charge in [-0.05, 0) is 36.2 Å². The van der Waals surface area contributed by atoms with Crippen LogP contribution in [0.15, 0.2) is 36.4 Å². The first kappa shape index (κ1) is 15.6. The second-order valence-electron chi connectivity index (χ2n) is 4.43. The van der Waals surface area contributed by atoms with E-state index < -0.39 is 4.92 Å². The maximum atomic E-state index is 10.8. The molecule has 2 rings (SSSR count). The Morgan fingerprint density at radius 1 is 1.10 bits per heavy atom. The molecule has 6 heteroatoms. The second-order valence-corrected chi connectivity index (χ2v) is 5.24. The van der Waals surface area contributed by atoms with Crippen LogP contribution in [-0.4, -0.2) is 4.92 Å². The highest BCUT2D eigenvalue weighted by atomic mass is 35.5. The summed E-state index contributed by atoms with van der Waals surface area (Å²) in [5.74, 6) is 0.652. The fourth-order valence-electron chi connectivity index (χ4n) is 1.86. The van der Waals surface area contributed by atoms with Gasteiger partial charge in [0.1, 0.15) is 12.4 Å². The Hall–Kier alpha value is -1.78. The highest BCUT2D eigenvalue weighted by molar-refractivity contribution is 6.31. The van der Waals surface area contributed by atoms with E-state index in [9.17, 15) is 10.1 Å². The molecule has 0 atom stereocenters. The number of benzene rings is 2. The van der Waals surface area contributed by atoms with Crippen molar-refractivity contribution < 1.29 is 9.66 Å². The van der Waals surface area contributed by atoms with Crippen molar-refractivity contribution >= 4 is 28.9 Å². The number of nitro benzene ring substituents is 1. The summed E-state index contributed by atoms with van der Waals surface area (Å²) in [6.07, 6.45) is 0.799. The van der Waals surface area contributed by atoms with Crippen molar-refractivity contribution in [2.75, 3.05) is 0 Å². The molecular weight excluding hydrogens is 313 g/mol. The van der Waals surface area contributed by atoms with E-state index in [4.69, 9.17) is 27.9 Å². The molecule has 0 N–H and O–H groups in total. The monoisotopic (exact) mass is 325 g/mol. The summed E-state index contributed by atoms with van der Waals surface area (Å²) in [4.78, 5) is 10.3. The van der Waals surface area contributed by atoms with E-state index in [1.165, 1.54) is 18.2 Å². The second kappa shape index (κ2) is 6.78. The SMILES string of the molecule is CCc1cc(OCc2cc([N+](=O)[O-])ccc2Cl)ccc1Cl. The molecule has 4 nitrogen and oxygen atoms in total. The predicted molar refractivity (Wildman–Crippen MR) is 83.3 cm³/mol. The van der Waals surface area contributed by atoms with Gasteiger partial charge in [-0.2, -0.15) is 0 Å². The Labute approximate surface area is 132 Å². The topological polar surface area (TPSA) is 52.4 Å². The molecule has 0 aliphatic heterocycles. The van der Waals surface area contributed by atoms with Crippen LogP contribution < -0.4 is 4.74 Å². The summed E-state index contributed by atoms with van der Waals surface area (Å²) in [6, 6.07) is 9.66. The van der Waals surface area contributed by atoms with Crippen LogP contribution >= 0.6 is 23.2 Å². The van der Waals surface area contributed by atoms with E-state index in [2.05, 4.69) is 0 Å². The van der Waals surface area contributed by atoms with E-state index in [1.807, 2.05) is 13.0 Å². The lowest BCUT2D eigenvalue weighted by molar-refractivity contribution is -0.384. The van der Waals surface area contributed by atoms with Gasteiger partial charge in [0.2, 0.25) is 0 Å². The van der Waals surface area contributed by atoms with Crippen LogP contribution in [0.1, 0.15) is 18.1 Å². The summed E-state index contributed by atoms with van der Waals surface area (Å²) < 4.78 is 5.64. The molecule has 2 aromatic rings. The average molecular weight is 326 g/mol. The zero-order valence-corrected chi connectivity index (χ0v) is 12.8. The van der Waals surface area contributed by atoms with Crippen molar-refractivity contribution in [2.24, 2.45) is 0 Å². The number of nitrogens with zero attached hydrogens (tertiary/aromatic N) is 1. The Kier molecular flexibility index (Phi) is 5.04. The number of halogens is 2. The van der Waals surface area contributed by atoms with E-state index in [0.717, 1.165) is 12.0 Å². The minimum atomic E-state index is -0.461. The maximum absolute atomic E-state index is 10.8. The van der Waals surface area contributed by atoms with Crippen molar-refractivity contribution in [3.8, 4) is 5.75 Å². The molecule has 0 saturated heterocycles. The van der Waals surface area contributed by atoms with Gasteiger partial charge in [-0.1, -0.05) is 30.1 Å². The average Bonchev–Trinajstić information content (AvgIpc) is 2.47. The van der Waals surface area contributed by atoms with Gasteiger partial charge in [-0.15, -0.1) is 0 Å². The van der Waals surface area contributed by atoms with Crippen molar-refractivity contribution in [1.82, 2.24) is 0 Å². The van der Waals surface area contributed by atoms with Crippen molar-refractivity contribution in [3.05, 3.63) is 67.7 Å². The van der Waals surface area contributed by atoms with Crippen LogP contribution in [0.25, 0.3) is 0 Å². The minimum Gasteiger partial charge on any atom is -0.489 e. The van der Waals surface area contributed by atoms with Crippen molar-refractivity contribution in [2.45, 2.75) is 20.0 Å². The van der Waals surface area contributed by atoms with E-state index in [1.54, 1.807) is 12.1 Å². The quantitative estimate of drug-likeness (QED) is 0.571. The number of hydrogen-bond acceptors (Lipinski definition) is 3. The van der Waals surface area contributed by atoms with E-state index in [0.29, 0.717) is 21.4 Å². The summed E-state index contributed by atoms with van der Waals surface area (Å²) in [7, 11) is 0. The minimum absolute atomic E-state index is 0.0108. The third kappa shape index (κ3) is 3.86. The van der Waals surface area contributed by atoms with Gasteiger partial charge in [0.15, 0.2) is 0 Å². The first-order chi connectivity index (χ1) is 10.0. The molecule has 21 heavy (non-hydrogen) atoms. The zero-order valence-electron chi connectivity index (χ0n) is 11.3. The molecule has 0 unspecified atom stereocenters. The van der Waals surface area contributed by atoms with Crippen molar-refractivity contribution in [3.63, 3.8) is 0 Å². The fraction of sp³-hybridized carbons (Fsp3) is 0.200. The highest BCUT2D eigenvalue weighted by Gasteiger charge is 2.10. The zero-order chi connectivity index (χ0) is 15.4. The summed E-state index contributed by atoms with van der Waals surface area (Å²) in [6.45, 7) is 2.16. The number of nitro groups is 1. The lowest BCUT2D eigenvalue weighted by Crippen LogP contribution is -1.98. The molecule has 2 aromatic carbocycles. The summed E-state index contributed by atoms with van der Waals surface area (Å²) in [5, 5.41) is 11.9. The van der Waals surface area contributed by atoms with E-state index >= 15 is 0 Å². The molecule has 0 aromatic heterocycles. The first-order valence-electron chi connectivity index (χ1n) is 6.35. The highest BCUT2D eigenvalue weighted by Crippen LogP contribution is 2.26. The van der Waals surface area contributed by atoms with Crippen LogP contribution in [0.3, 0.4) is 0 Å². The van der Waals surface area contributed by atoms with Crippen LogP contribution in [0.4, 0.5) is 5.69 Å². The largest absolute Gasteiger partial charge is 0.489 e. The number of non-ortho nitro benzene ring substituents is 1. The van der Waals surface area contributed by atoms with E-state index in [-0.39, 0.29) is 12.3 Å². The Balaban J connectivity index is 2.16. The smallest absolute Gasteiger partial charge is 0.269 e. The van der Waals surface area contributed by atoms with Crippen LogP contribution in [0.5, 0.6) is 5.75 Å². The molecule has 0 fully saturated rings. The van der Waals surface area contributed by atoms with Gasteiger partial charge in [0.25, 0.3) is 5.69 Å². The molecule has 0 aliphatic carbocycles. The number of ether oxygens (including phenoxy) is 1. The predicted octanol–water partition coefficient (Wildman–Crippen LogP) is 5.04. The molecule has 0 amide bonds. The lowest BCUT2D eigenvalue weighted by atomic mass is 10.1. The molecule has 0 heterocycles. The summed E-state index contributed by atoms with van der Waals surface area (Å²) >= 11 is 12.1. The van der Waals surface area contributed by atoms with Gasteiger partial charge in [0, 0.05) is 27.7 Å². The van der Waals surface area contributed by atoms with Crippen LogP contribution in [0, 0.1) is 10.1 Å². The van der Waals surface area contributed by atoms with Gasteiger partial charge in [0.05, 0.1) is 4.92 Å². The van der Waals surface area contributed by atoms with Gasteiger partial charge < -0.3 is 4.74 Å². The molecule has 0 saturated carbocycles.